The number of thioether (sulfide) groups is 1. The number of ketones is 1. The molecule has 0 aliphatic heterocycles. The van der Waals surface area contributed by atoms with Crippen LogP contribution >= 0.6 is 11.8 Å². The maximum atomic E-state index is 11.1. The van der Waals surface area contributed by atoms with Crippen LogP contribution in [0.4, 0.5) is 4.79 Å². The largest absolute Gasteiger partial charge is 0.465 e. The van der Waals surface area contributed by atoms with Gasteiger partial charge >= 0.3 is 6.09 Å². The summed E-state index contributed by atoms with van der Waals surface area (Å²) in [5, 5.41) is 9.56. The Morgan fingerprint density at radius 2 is 2.06 bits per heavy atom. The molecule has 92 valence electrons. The molecule has 0 aromatic carbocycles. The van der Waals surface area contributed by atoms with E-state index < -0.39 is 6.09 Å². The highest BCUT2D eigenvalue weighted by atomic mass is 32.2. The zero-order valence-electron chi connectivity index (χ0n) is 9.81. The SMILES string of the molecule is CC(C)SCN(C(=O)O)C1CCC(=O)CC1. The molecule has 0 spiro atoms. The molecule has 1 N–H and O–H groups in total. The predicted molar refractivity (Wildman–Crippen MR) is 64.7 cm³/mol. The zero-order valence-corrected chi connectivity index (χ0v) is 10.6. The van der Waals surface area contributed by atoms with Crippen LogP contribution < -0.4 is 0 Å². The quantitative estimate of drug-likeness (QED) is 0.773. The molecular weight excluding hydrogens is 226 g/mol. The third kappa shape index (κ3) is 4.04. The van der Waals surface area contributed by atoms with Gasteiger partial charge in [0.15, 0.2) is 0 Å². The number of Topliss-reactive ketones (excluding diaryl/α,β-unsaturated/α-hetero) is 1. The van der Waals surface area contributed by atoms with Crippen LogP contribution in [0, 0.1) is 0 Å². The van der Waals surface area contributed by atoms with Gasteiger partial charge in [0.2, 0.25) is 0 Å². The molecule has 0 saturated heterocycles. The number of carboxylic acid groups (broad SMARTS) is 1. The number of carbonyl (C=O) groups is 2. The van der Waals surface area contributed by atoms with Gasteiger partial charge in [-0.25, -0.2) is 4.79 Å². The Bertz CT molecular complexity index is 258. The molecule has 1 aliphatic rings. The smallest absolute Gasteiger partial charge is 0.408 e. The van der Waals surface area contributed by atoms with Crippen molar-refractivity contribution < 1.29 is 14.7 Å². The van der Waals surface area contributed by atoms with E-state index in [-0.39, 0.29) is 11.8 Å². The first-order valence-corrected chi connectivity index (χ1v) is 6.68. The summed E-state index contributed by atoms with van der Waals surface area (Å²) in [5.41, 5.74) is 0. The van der Waals surface area contributed by atoms with E-state index in [0.29, 0.717) is 36.8 Å². The van der Waals surface area contributed by atoms with Gasteiger partial charge in [0.25, 0.3) is 0 Å². The lowest BCUT2D eigenvalue weighted by Crippen LogP contribution is -2.41. The summed E-state index contributed by atoms with van der Waals surface area (Å²) in [7, 11) is 0. The molecular formula is C11H19NO3S. The fourth-order valence-electron chi connectivity index (χ4n) is 1.78. The normalized spacial score (nSPS) is 17.8. The van der Waals surface area contributed by atoms with E-state index in [1.54, 1.807) is 11.8 Å². The first-order valence-electron chi connectivity index (χ1n) is 5.63. The number of hydrogen-bond acceptors (Lipinski definition) is 3. The highest BCUT2D eigenvalue weighted by Gasteiger charge is 2.27. The van der Waals surface area contributed by atoms with Gasteiger partial charge in [-0.2, -0.15) is 0 Å². The second kappa shape index (κ2) is 6.13. The minimum atomic E-state index is -0.868. The fourth-order valence-corrected chi connectivity index (χ4v) is 2.56. The van der Waals surface area contributed by atoms with Crippen LogP contribution in [0.15, 0.2) is 0 Å². The molecule has 0 unspecified atom stereocenters. The molecule has 16 heavy (non-hydrogen) atoms. The van der Waals surface area contributed by atoms with Gasteiger partial charge in [-0.3, -0.25) is 9.69 Å². The lowest BCUT2D eigenvalue weighted by molar-refractivity contribution is -0.121. The van der Waals surface area contributed by atoms with Crippen molar-refractivity contribution in [3.05, 3.63) is 0 Å². The molecule has 1 fully saturated rings. The number of rotatable bonds is 4. The number of carbonyl (C=O) groups excluding carboxylic acids is 1. The maximum Gasteiger partial charge on any atom is 0.408 e. The molecule has 1 saturated carbocycles. The van der Waals surface area contributed by atoms with E-state index in [1.807, 2.05) is 0 Å². The van der Waals surface area contributed by atoms with Crippen molar-refractivity contribution in [3.63, 3.8) is 0 Å². The number of hydrogen-bond donors (Lipinski definition) is 1. The van der Waals surface area contributed by atoms with E-state index in [4.69, 9.17) is 5.11 Å². The lowest BCUT2D eigenvalue weighted by Gasteiger charge is -2.31. The van der Waals surface area contributed by atoms with Gasteiger partial charge in [0, 0.05) is 24.1 Å². The van der Waals surface area contributed by atoms with Crippen molar-refractivity contribution in [1.29, 1.82) is 0 Å². The van der Waals surface area contributed by atoms with Crippen molar-refractivity contribution >= 4 is 23.6 Å². The predicted octanol–water partition coefficient (Wildman–Crippen LogP) is 2.58. The van der Waals surface area contributed by atoms with Crippen LogP contribution in [0.25, 0.3) is 0 Å². The van der Waals surface area contributed by atoms with Crippen LogP contribution in [0.1, 0.15) is 39.5 Å². The summed E-state index contributed by atoms with van der Waals surface area (Å²) in [6, 6.07) is 0.0291. The Balaban J connectivity index is 2.49. The summed E-state index contributed by atoms with van der Waals surface area (Å²) in [6.07, 6.45) is 1.56. The summed E-state index contributed by atoms with van der Waals surface area (Å²) in [6.45, 7) is 4.10. The molecule has 0 radical (unpaired) electrons. The molecule has 1 rings (SSSR count). The Labute approximate surface area is 100 Å². The average Bonchev–Trinajstić information content (AvgIpc) is 2.20. The third-order valence-electron chi connectivity index (χ3n) is 2.75. The van der Waals surface area contributed by atoms with Crippen molar-refractivity contribution in [2.45, 2.75) is 50.8 Å². The Kier molecular flexibility index (Phi) is 5.12. The van der Waals surface area contributed by atoms with Gasteiger partial charge in [-0.05, 0) is 12.8 Å². The third-order valence-corrected chi connectivity index (χ3v) is 3.84. The van der Waals surface area contributed by atoms with Gasteiger partial charge in [-0.1, -0.05) is 13.8 Å². The van der Waals surface area contributed by atoms with Gasteiger partial charge < -0.3 is 5.11 Å². The molecule has 0 bridgehead atoms. The van der Waals surface area contributed by atoms with Crippen LogP contribution in [0.3, 0.4) is 0 Å². The zero-order chi connectivity index (χ0) is 12.1. The molecule has 0 heterocycles. The van der Waals surface area contributed by atoms with Crippen molar-refractivity contribution in [1.82, 2.24) is 4.90 Å². The molecule has 1 amide bonds. The number of amides is 1. The Morgan fingerprint density at radius 3 is 2.50 bits per heavy atom. The van der Waals surface area contributed by atoms with Crippen molar-refractivity contribution in [2.75, 3.05) is 5.88 Å². The molecule has 0 aromatic heterocycles. The number of nitrogens with zero attached hydrogens (tertiary/aromatic N) is 1. The molecule has 0 aromatic rings. The molecule has 1 aliphatic carbocycles. The fraction of sp³-hybridized carbons (Fsp3) is 0.818. The second-order valence-corrected chi connectivity index (χ2v) is 5.90. The van der Waals surface area contributed by atoms with E-state index in [2.05, 4.69) is 13.8 Å². The Morgan fingerprint density at radius 1 is 1.50 bits per heavy atom. The summed E-state index contributed by atoms with van der Waals surface area (Å²) >= 11 is 1.62. The summed E-state index contributed by atoms with van der Waals surface area (Å²) in [4.78, 5) is 23.7. The van der Waals surface area contributed by atoms with E-state index in [0.717, 1.165) is 0 Å². The minimum Gasteiger partial charge on any atom is -0.465 e. The highest BCUT2D eigenvalue weighted by Crippen LogP contribution is 2.23. The van der Waals surface area contributed by atoms with Crippen LogP contribution in [-0.2, 0) is 4.79 Å². The first kappa shape index (κ1) is 13.4. The Hall–Kier alpha value is -0.710. The van der Waals surface area contributed by atoms with Crippen LogP contribution in [0.5, 0.6) is 0 Å². The van der Waals surface area contributed by atoms with Gasteiger partial charge in [0.1, 0.15) is 5.78 Å². The molecule has 5 heteroatoms. The van der Waals surface area contributed by atoms with Gasteiger partial charge in [-0.15, -0.1) is 11.8 Å². The maximum absolute atomic E-state index is 11.1. The molecule has 4 nitrogen and oxygen atoms in total. The highest BCUT2D eigenvalue weighted by molar-refractivity contribution is 7.99. The van der Waals surface area contributed by atoms with E-state index >= 15 is 0 Å². The van der Waals surface area contributed by atoms with Crippen LogP contribution in [0.2, 0.25) is 0 Å². The van der Waals surface area contributed by atoms with Crippen molar-refractivity contribution in [3.8, 4) is 0 Å². The average molecular weight is 245 g/mol. The summed E-state index contributed by atoms with van der Waals surface area (Å²) < 4.78 is 0. The molecule has 0 atom stereocenters. The van der Waals surface area contributed by atoms with Crippen molar-refractivity contribution in [2.24, 2.45) is 0 Å². The topological polar surface area (TPSA) is 57.6 Å². The van der Waals surface area contributed by atoms with E-state index in [9.17, 15) is 9.59 Å². The van der Waals surface area contributed by atoms with E-state index in [1.165, 1.54) is 4.90 Å². The summed E-state index contributed by atoms with van der Waals surface area (Å²) in [5.74, 6) is 0.768. The lowest BCUT2D eigenvalue weighted by atomic mass is 9.94. The van der Waals surface area contributed by atoms with Gasteiger partial charge in [0.05, 0.1) is 5.88 Å². The monoisotopic (exact) mass is 245 g/mol. The first-order chi connectivity index (χ1) is 7.50. The minimum absolute atomic E-state index is 0.0291. The standard InChI is InChI=1S/C11H19NO3S/c1-8(2)16-7-12(11(14)15)9-3-5-10(13)6-4-9/h8-9H,3-7H2,1-2H3,(H,14,15). The second-order valence-electron chi connectivity index (χ2n) is 4.37. The van der Waals surface area contributed by atoms with Crippen LogP contribution in [-0.4, -0.2) is 39.1 Å².